The summed E-state index contributed by atoms with van der Waals surface area (Å²) in [5.41, 5.74) is 0.0764. The zero-order valence-corrected chi connectivity index (χ0v) is 8.93. The number of thiol groups is 1. The van der Waals surface area contributed by atoms with E-state index >= 15 is 0 Å². The molecular formula is C9H13NO4S. The molecule has 1 aromatic carbocycles. The van der Waals surface area contributed by atoms with Gasteiger partial charge in [-0.3, -0.25) is 10.1 Å². The van der Waals surface area contributed by atoms with Crippen LogP contribution in [0.1, 0.15) is 6.42 Å². The Morgan fingerprint density at radius 1 is 1.33 bits per heavy atom. The highest BCUT2D eigenvalue weighted by Crippen LogP contribution is 2.14. The van der Waals surface area contributed by atoms with Gasteiger partial charge in [-0.15, -0.1) is 12.6 Å². The lowest BCUT2D eigenvalue weighted by Crippen LogP contribution is -1.85. The molecule has 6 heteroatoms. The molecule has 1 rings (SSSR count). The quantitative estimate of drug-likeness (QED) is 0.415. The number of rotatable bonds is 3. The van der Waals surface area contributed by atoms with Gasteiger partial charge in [-0.1, -0.05) is 6.07 Å². The zero-order valence-electron chi connectivity index (χ0n) is 8.04. The first-order chi connectivity index (χ1) is 7.11. The Hall–Kier alpha value is -1.11. The highest BCUT2D eigenvalue weighted by Gasteiger charge is 2.02. The third-order valence-electron chi connectivity index (χ3n) is 1.36. The van der Waals surface area contributed by atoms with E-state index in [0.29, 0.717) is 11.3 Å². The van der Waals surface area contributed by atoms with E-state index in [4.69, 9.17) is 10.2 Å². The van der Waals surface area contributed by atoms with Crippen LogP contribution in [0.3, 0.4) is 0 Å². The zero-order chi connectivity index (χ0) is 11.7. The molecule has 84 valence electrons. The van der Waals surface area contributed by atoms with Crippen LogP contribution >= 0.6 is 12.6 Å². The number of non-ortho nitro benzene ring substituents is 1. The molecule has 0 atom stereocenters. The second kappa shape index (κ2) is 8.22. The maximum atomic E-state index is 10.1. The summed E-state index contributed by atoms with van der Waals surface area (Å²) in [6.07, 6.45) is 0.500. The first-order valence-corrected chi connectivity index (χ1v) is 4.71. The molecule has 0 saturated carbocycles. The van der Waals surface area contributed by atoms with Gasteiger partial charge in [0.1, 0.15) is 0 Å². The largest absolute Gasteiger partial charge is 0.396 e. The minimum absolute atomic E-state index is 0.0764. The van der Waals surface area contributed by atoms with Crippen LogP contribution in [0.4, 0.5) is 5.69 Å². The van der Waals surface area contributed by atoms with E-state index < -0.39 is 4.92 Å². The fourth-order valence-electron chi connectivity index (χ4n) is 0.677. The molecule has 0 heterocycles. The van der Waals surface area contributed by atoms with Crippen molar-refractivity contribution in [1.82, 2.24) is 0 Å². The Kier molecular flexibility index (Phi) is 7.61. The van der Waals surface area contributed by atoms with Crippen molar-refractivity contribution in [2.45, 2.75) is 11.3 Å². The summed E-state index contributed by atoms with van der Waals surface area (Å²) < 4.78 is 0. The average molecular weight is 231 g/mol. The number of nitro groups is 1. The highest BCUT2D eigenvalue weighted by molar-refractivity contribution is 7.80. The maximum absolute atomic E-state index is 10.1. The van der Waals surface area contributed by atoms with E-state index in [1.165, 1.54) is 12.1 Å². The van der Waals surface area contributed by atoms with Gasteiger partial charge in [-0.25, -0.2) is 0 Å². The van der Waals surface area contributed by atoms with Gasteiger partial charge in [-0.2, -0.15) is 0 Å². The molecule has 0 bridgehead atoms. The molecule has 0 aliphatic carbocycles. The normalized spacial score (nSPS) is 9.00. The lowest BCUT2D eigenvalue weighted by atomic mass is 10.3. The molecule has 0 unspecified atom stereocenters. The number of nitrogens with zero attached hydrogens (tertiary/aromatic N) is 1. The van der Waals surface area contributed by atoms with Gasteiger partial charge in [-0.05, 0) is 12.5 Å². The molecular weight excluding hydrogens is 218 g/mol. The van der Waals surface area contributed by atoms with Crippen molar-refractivity contribution in [2.24, 2.45) is 0 Å². The van der Waals surface area contributed by atoms with E-state index in [0.717, 1.165) is 0 Å². The van der Waals surface area contributed by atoms with E-state index in [1.54, 1.807) is 12.1 Å². The summed E-state index contributed by atoms with van der Waals surface area (Å²) in [6.45, 7) is 0.188. The number of aliphatic hydroxyl groups is 2. The molecule has 2 N–H and O–H groups in total. The van der Waals surface area contributed by atoms with E-state index in [-0.39, 0.29) is 18.9 Å². The smallest absolute Gasteiger partial charge is 0.270 e. The summed E-state index contributed by atoms with van der Waals surface area (Å²) in [5, 5.41) is 25.9. The molecule has 0 aliphatic heterocycles. The molecule has 1 aromatic rings. The molecule has 0 spiro atoms. The topological polar surface area (TPSA) is 83.6 Å². The van der Waals surface area contributed by atoms with Crippen molar-refractivity contribution in [3.8, 4) is 0 Å². The van der Waals surface area contributed by atoms with Crippen LogP contribution in [0.5, 0.6) is 0 Å². The second-order valence-corrected chi connectivity index (χ2v) is 3.09. The number of nitro benzene ring substituents is 1. The van der Waals surface area contributed by atoms with E-state index in [9.17, 15) is 10.1 Å². The van der Waals surface area contributed by atoms with Crippen LogP contribution < -0.4 is 0 Å². The Labute approximate surface area is 92.9 Å². The van der Waals surface area contributed by atoms with Gasteiger partial charge < -0.3 is 10.2 Å². The van der Waals surface area contributed by atoms with E-state index in [1.807, 2.05) is 0 Å². The summed E-state index contributed by atoms with van der Waals surface area (Å²) in [4.78, 5) is 10.3. The van der Waals surface area contributed by atoms with E-state index in [2.05, 4.69) is 12.6 Å². The van der Waals surface area contributed by atoms with Crippen LogP contribution in [0, 0.1) is 10.1 Å². The van der Waals surface area contributed by atoms with Gasteiger partial charge in [0.25, 0.3) is 5.69 Å². The predicted octanol–water partition coefficient (Wildman–Crippen LogP) is 1.24. The Bertz CT molecular complexity index is 304. The third-order valence-corrected chi connectivity index (χ3v) is 1.63. The first kappa shape index (κ1) is 13.9. The molecule has 0 aliphatic rings. The molecule has 0 fully saturated rings. The van der Waals surface area contributed by atoms with Crippen molar-refractivity contribution in [1.29, 1.82) is 0 Å². The second-order valence-electron chi connectivity index (χ2n) is 2.58. The fourth-order valence-corrected chi connectivity index (χ4v) is 0.896. The van der Waals surface area contributed by atoms with Gasteiger partial charge in [0.05, 0.1) is 4.92 Å². The fraction of sp³-hybridized carbons (Fsp3) is 0.333. The van der Waals surface area contributed by atoms with Gasteiger partial charge in [0.15, 0.2) is 0 Å². The SMILES string of the molecule is O=[N+]([O-])c1cccc(S)c1.OCCCO. The molecule has 0 aromatic heterocycles. The van der Waals surface area contributed by atoms with Gasteiger partial charge >= 0.3 is 0 Å². The maximum Gasteiger partial charge on any atom is 0.270 e. The van der Waals surface area contributed by atoms with Gasteiger partial charge in [0.2, 0.25) is 0 Å². The van der Waals surface area contributed by atoms with Crippen molar-refractivity contribution >= 4 is 18.3 Å². The Morgan fingerprint density at radius 2 is 1.93 bits per heavy atom. The number of hydrogen-bond donors (Lipinski definition) is 3. The summed E-state index contributed by atoms with van der Waals surface area (Å²) in [6, 6.07) is 6.12. The minimum atomic E-state index is -0.445. The molecule has 0 amide bonds. The van der Waals surface area contributed by atoms with Gasteiger partial charge in [0, 0.05) is 30.2 Å². The standard InChI is InChI=1S/C6H5NO2S.C3H8O2/c8-7(9)5-2-1-3-6(10)4-5;4-2-1-3-5/h1-4,10H;4-5H,1-3H2. The number of aliphatic hydroxyl groups excluding tert-OH is 2. The molecule has 15 heavy (non-hydrogen) atoms. The van der Waals surface area contributed by atoms with Crippen molar-refractivity contribution in [2.75, 3.05) is 13.2 Å². The van der Waals surface area contributed by atoms with Crippen LogP contribution in [0.15, 0.2) is 29.2 Å². The van der Waals surface area contributed by atoms with Crippen LogP contribution in [-0.4, -0.2) is 28.4 Å². The van der Waals surface area contributed by atoms with Crippen molar-refractivity contribution in [3.05, 3.63) is 34.4 Å². The number of benzene rings is 1. The first-order valence-electron chi connectivity index (χ1n) is 4.27. The summed E-state index contributed by atoms with van der Waals surface area (Å²) >= 11 is 3.94. The minimum Gasteiger partial charge on any atom is -0.396 e. The summed E-state index contributed by atoms with van der Waals surface area (Å²) in [7, 11) is 0. The average Bonchev–Trinajstić information content (AvgIpc) is 2.20. The van der Waals surface area contributed by atoms with Crippen LogP contribution in [0.25, 0.3) is 0 Å². The molecule has 0 saturated heterocycles. The third kappa shape index (κ3) is 6.89. The predicted molar refractivity (Wildman–Crippen MR) is 59.1 cm³/mol. The Morgan fingerprint density at radius 3 is 2.20 bits per heavy atom. The highest BCUT2D eigenvalue weighted by atomic mass is 32.1. The van der Waals surface area contributed by atoms with Crippen molar-refractivity contribution < 1.29 is 15.1 Å². The lowest BCUT2D eigenvalue weighted by molar-refractivity contribution is -0.385. The molecule has 0 radical (unpaired) electrons. The number of hydrogen-bond acceptors (Lipinski definition) is 5. The van der Waals surface area contributed by atoms with Crippen LogP contribution in [-0.2, 0) is 0 Å². The van der Waals surface area contributed by atoms with Crippen molar-refractivity contribution in [3.63, 3.8) is 0 Å². The monoisotopic (exact) mass is 231 g/mol. The summed E-state index contributed by atoms with van der Waals surface area (Å²) in [5.74, 6) is 0. The molecule has 5 nitrogen and oxygen atoms in total. The Balaban J connectivity index is 0.000000336. The van der Waals surface area contributed by atoms with Crippen LogP contribution in [0.2, 0.25) is 0 Å². The lowest BCUT2D eigenvalue weighted by Gasteiger charge is -1.90.